The normalized spacial score (nSPS) is 12.8. The van der Waals surface area contributed by atoms with E-state index in [9.17, 15) is 5.11 Å². The molecule has 0 aliphatic rings. The molecule has 0 radical (unpaired) electrons. The molecule has 0 fully saturated rings. The number of hydrogen-bond donors (Lipinski definition) is 2. The van der Waals surface area contributed by atoms with E-state index in [1.165, 1.54) is 103 Å². The third-order valence-electron chi connectivity index (χ3n) is 5.40. The maximum atomic E-state index is 9.53. The maximum absolute atomic E-state index is 9.53. The first-order valence-corrected chi connectivity index (χ1v) is 12.0. The highest BCUT2D eigenvalue weighted by Crippen LogP contribution is 2.17. The second-order valence-corrected chi connectivity index (χ2v) is 9.08. The number of β-amino-alcohol motifs (C(OH)–C–C–N with tert-alkyl or cyclic N) is 1. The average Bonchev–Trinajstić information content (AvgIpc) is 2.63. The van der Waals surface area contributed by atoms with Crippen molar-refractivity contribution in [3.8, 4) is 0 Å². The maximum Gasteiger partial charge on any atom is 0.0799 e. The van der Waals surface area contributed by atoms with Crippen molar-refractivity contribution in [2.24, 2.45) is 0 Å². The SMILES string of the molecule is CCCCCCCCCCCCCCCCCC(C)(C)NCC(O)CCl.Cl. The van der Waals surface area contributed by atoms with Crippen LogP contribution in [-0.4, -0.2) is 29.2 Å². The standard InChI is InChI=1S/C23H48ClNO.ClH/c1-4-5-6-7-8-9-10-11-12-13-14-15-16-17-18-19-23(2,3)25-21-22(26)20-24;/h22,25-26H,4-21H2,1-3H3;1H. The van der Waals surface area contributed by atoms with Crippen LogP contribution in [0.15, 0.2) is 0 Å². The summed E-state index contributed by atoms with van der Waals surface area (Å²) in [7, 11) is 0. The first-order valence-electron chi connectivity index (χ1n) is 11.5. The Balaban J connectivity index is 0. The van der Waals surface area contributed by atoms with E-state index in [0.717, 1.165) is 0 Å². The molecule has 0 aliphatic carbocycles. The van der Waals surface area contributed by atoms with Crippen LogP contribution in [0.1, 0.15) is 124 Å². The number of halogens is 2. The van der Waals surface area contributed by atoms with Crippen molar-refractivity contribution < 1.29 is 5.11 Å². The van der Waals surface area contributed by atoms with E-state index in [1.807, 2.05) is 0 Å². The minimum Gasteiger partial charge on any atom is -0.391 e. The Morgan fingerprint density at radius 3 is 1.48 bits per heavy atom. The molecule has 0 aliphatic heterocycles. The Morgan fingerprint density at radius 2 is 1.11 bits per heavy atom. The van der Waals surface area contributed by atoms with Gasteiger partial charge in [0.1, 0.15) is 0 Å². The molecule has 0 rings (SSSR count). The van der Waals surface area contributed by atoms with Crippen molar-refractivity contribution in [3.63, 3.8) is 0 Å². The third-order valence-corrected chi connectivity index (χ3v) is 5.76. The number of aliphatic hydroxyl groups excluding tert-OH is 1. The lowest BCUT2D eigenvalue weighted by molar-refractivity contribution is 0.176. The van der Waals surface area contributed by atoms with Gasteiger partial charge in [0.05, 0.1) is 6.10 Å². The first-order chi connectivity index (χ1) is 12.5. The molecule has 0 saturated carbocycles. The van der Waals surface area contributed by atoms with Gasteiger partial charge in [-0.1, -0.05) is 103 Å². The Bertz CT molecular complexity index is 288. The van der Waals surface area contributed by atoms with Gasteiger partial charge in [-0.3, -0.25) is 0 Å². The topological polar surface area (TPSA) is 32.3 Å². The molecule has 0 aromatic rings. The molecular formula is C23H49Cl2NO. The van der Waals surface area contributed by atoms with Gasteiger partial charge >= 0.3 is 0 Å². The number of nitrogens with one attached hydrogen (secondary N) is 1. The first kappa shape index (κ1) is 29.7. The van der Waals surface area contributed by atoms with E-state index < -0.39 is 6.10 Å². The van der Waals surface area contributed by atoms with Crippen LogP contribution in [0, 0.1) is 0 Å². The molecule has 0 aromatic carbocycles. The minimum absolute atomic E-state index is 0. The van der Waals surface area contributed by atoms with E-state index in [-0.39, 0.29) is 17.9 Å². The molecular weight excluding hydrogens is 377 g/mol. The fourth-order valence-corrected chi connectivity index (χ4v) is 3.58. The predicted octanol–water partition coefficient (Wildman–Crippen LogP) is 7.64. The molecule has 2 nitrogen and oxygen atoms in total. The van der Waals surface area contributed by atoms with Crippen LogP contribution < -0.4 is 5.32 Å². The summed E-state index contributed by atoms with van der Waals surface area (Å²) in [6, 6.07) is 0. The number of rotatable bonds is 20. The highest BCUT2D eigenvalue weighted by Gasteiger charge is 2.17. The van der Waals surface area contributed by atoms with Gasteiger partial charge in [-0.2, -0.15) is 0 Å². The van der Waals surface area contributed by atoms with E-state index in [0.29, 0.717) is 12.4 Å². The van der Waals surface area contributed by atoms with E-state index >= 15 is 0 Å². The van der Waals surface area contributed by atoms with Crippen LogP contribution in [-0.2, 0) is 0 Å². The number of unbranched alkanes of at least 4 members (excludes halogenated alkanes) is 14. The highest BCUT2D eigenvalue weighted by atomic mass is 35.5. The van der Waals surface area contributed by atoms with Gasteiger partial charge in [0.25, 0.3) is 0 Å². The van der Waals surface area contributed by atoms with Gasteiger partial charge in [-0.05, 0) is 20.3 Å². The summed E-state index contributed by atoms with van der Waals surface area (Å²) >= 11 is 5.64. The molecule has 1 atom stereocenters. The van der Waals surface area contributed by atoms with Gasteiger partial charge < -0.3 is 10.4 Å². The highest BCUT2D eigenvalue weighted by molar-refractivity contribution is 6.18. The monoisotopic (exact) mass is 425 g/mol. The molecule has 4 heteroatoms. The molecule has 166 valence electrons. The summed E-state index contributed by atoms with van der Waals surface area (Å²) < 4.78 is 0. The summed E-state index contributed by atoms with van der Waals surface area (Å²) in [6.07, 6.45) is 21.9. The Labute approximate surface area is 182 Å². The third kappa shape index (κ3) is 22.7. The van der Waals surface area contributed by atoms with Crippen LogP contribution in [0.25, 0.3) is 0 Å². The van der Waals surface area contributed by atoms with Crippen molar-refractivity contribution in [3.05, 3.63) is 0 Å². The van der Waals surface area contributed by atoms with Crippen LogP contribution in [0.5, 0.6) is 0 Å². The minimum atomic E-state index is -0.433. The summed E-state index contributed by atoms with van der Waals surface area (Å²) in [5.74, 6) is 0.308. The second kappa shape index (κ2) is 21.2. The van der Waals surface area contributed by atoms with Gasteiger partial charge in [0.2, 0.25) is 0 Å². The molecule has 2 N–H and O–H groups in total. The van der Waals surface area contributed by atoms with Crippen molar-refractivity contribution in [1.29, 1.82) is 0 Å². The van der Waals surface area contributed by atoms with Gasteiger partial charge in [0.15, 0.2) is 0 Å². The van der Waals surface area contributed by atoms with Crippen molar-refractivity contribution in [1.82, 2.24) is 5.32 Å². The quantitative estimate of drug-likeness (QED) is 0.155. The summed E-state index contributed by atoms with van der Waals surface area (Å²) in [5.41, 5.74) is 0.101. The molecule has 0 aromatic heterocycles. The molecule has 0 amide bonds. The smallest absolute Gasteiger partial charge is 0.0799 e. The van der Waals surface area contributed by atoms with Gasteiger partial charge in [0, 0.05) is 18.0 Å². The lowest BCUT2D eigenvalue weighted by atomic mass is 9.95. The van der Waals surface area contributed by atoms with E-state index in [4.69, 9.17) is 11.6 Å². The van der Waals surface area contributed by atoms with Gasteiger partial charge in [-0.25, -0.2) is 0 Å². The summed E-state index contributed by atoms with van der Waals surface area (Å²) in [4.78, 5) is 0. The van der Waals surface area contributed by atoms with Gasteiger partial charge in [-0.15, -0.1) is 24.0 Å². The number of alkyl halides is 1. The molecule has 0 saturated heterocycles. The fraction of sp³-hybridized carbons (Fsp3) is 1.00. The van der Waals surface area contributed by atoms with Crippen LogP contribution in [0.3, 0.4) is 0 Å². The lowest BCUT2D eigenvalue weighted by Crippen LogP contribution is -2.43. The predicted molar refractivity (Wildman–Crippen MR) is 126 cm³/mol. The van der Waals surface area contributed by atoms with Crippen molar-refractivity contribution in [2.45, 2.75) is 135 Å². The fourth-order valence-electron chi connectivity index (χ4n) is 3.48. The number of aliphatic hydroxyl groups is 1. The zero-order valence-electron chi connectivity index (χ0n) is 18.5. The molecule has 1 unspecified atom stereocenters. The Hall–Kier alpha value is 0.500. The van der Waals surface area contributed by atoms with Crippen molar-refractivity contribution in [2.75, 3.05) is 12.4 Å². The average molecular weight is 427 g/mol. The van der Waals surface area contributed by atoms with Crippen LogP contribution in [0.2, 0.25) is 0 Å². The Morgan fingerprint density at radius 1 is 0.741 bits per heavy atom. The molecule has 0 bridgehead atoms. The lowest BCUT2D eigenvalue weighted by Gasteiger charge is -2.27. The van der Waals surface area contributed by atoms with Crippen molar-refractivity contribution >= 4 is 24.0 Å². The molecule has 27 heavy (non-hydrogen) atoms. The summed E-state index contributed by atoms with van der Waals surface area (Å²) in [6.45, 7) is 7.32. The van der Waals surface area contributed by atoms with Crippen LogP contribution >= 0.6 is 24.0 Å². The molecule has 0 spiro atoms. The number of hydrogen-bond acceptors (Lipinski definition) is 2. The zero-order chi connectivity index (χ0) is 19.5. The molecule has 0 heterocycles. The zero-order valence-corrected chi connectivity index (χ0v) is 20.1. The summed E-state index contributed by atoms with van der Waals surface area (Å²) in [5, 5.41) is 13.0. The second-order valence-electron chi connectivity index (χ2n) is 8.77. The van der Waals surface area contributed by atoms with Crippen LogP contribution in [0.4, 0.5) is 0 Å². The van der Waals surface area contributed by atoms with E-state index in [1.54, 1.807) is 0 Å². The Kier molecular flexibility index (Phi) is 23.3. The van der Waals surface area contributed by atoms with E-state index in [2.05, 4.69) is 26.1 Å². The largest absolute Gasteiger partial charge is 0.391 e.